The van der Waals surface area contributed by atoms with E-state index in [1.54, 1.807) is 0 Å². The van der Waals surface area contributed by atoms with Gasteiger partial charge in [-0.2, -0.15) is 0 Å². The summed E-state index contributed by atoms with van der Waals surface area (Å²) < 4.78 is 0. The van der Waals surface area contributed by atoms with Gasteiger partial charge < -0.3 is 21.5 Å². The molecule has 0 aliphatic heterocycles. The smallest absolute Gasteiger partial charge is 0.303 e. The molecule has 7 nitrogen and oxygen atoms in total. The highest BCUT2D eigenvalue weighted by atomic mass is 16.4. The second-order valence-corrected chi connectivity index (χ2v) is 12.3. The van der Waals surface area contributed by atoms with Crippen molar-refractivity contribution in [1.82, 2.24) is 10.6 Å². The van der Waals surface area contributed by atoms with Crippen LogP contribution in [0.4, 0.5) is 0 Å². The third-order valence-corrected chi connectivity index (χ3v) is 8.15. The number of hydrogen-bond acceptors (Lipinski definition) is 4. The molecule has 0 heterocycles. The molecule has 0 radical (unpaired) electrons. The minimum Gasteiger partial charge on any atom is -0.481 e. The molecule has 0 saturated carbocycles. The Kier molecular flexibility index (Phi) is 32.6. The zero-order valence-electron chi connectivity index (χ0n) is 27.4. The lowest BCUT2D eigenvalue weighted by Crippen LogP contribution is -2.24. The van der Waals surface area contributed by atoms with Gasteiger partial charge in [-0.25, -0.2) is 0 Å². The van der Waals surface area contributed by atoms with Gasteiger partial charge in [-0.05, 0) is 38.6 Å². The fourth-order valence-corrected chi connectivity index (χ4v) is 5.42. The van der Waals surface area contributed by atoms with E-state index < -0.39 is 5.97 Å². The Bertz CT molecular complexity index is 615. The van der Waals surface area contributed by atoms with Crippen LogP contribution in [0.15, 0.2) is 0 Å². The molecule has 0 bridgehead atoms. The van der Waals surface area contributed by atoms with Crippen LogP contribution < -0.4 is 16.4 Å². The van der Waals surface area contributed by atoms with Crippen LogP contribution in [0.5, 0.6) is 0 Å². The van der Waals surface area contributed by atoms with Crippen molar-refractivity contribution in [2.75, 3.05) is 19.6 Å². The van der Waals surface area contributed by atoms with Crippen LogP contribution in [-0.2, 0) is 14.4 Å². The van der Waals surface area contributed by atoms with E-state index in [1.807, 2.05) is 0 Å². The Balaban J connectivity index is 3.20. The molecule has 5 N–H and O–H groups in total. The number of carboxylic acid groups (broad SMARTS) is 1. The zero-order valence-corrected chi connectivity index (χ0v) is 27.4. The molecule has 0 rings (SSSR count). The molecule has 0 aromatic carbocycles. The van der Waals surface area contributed by atoms with E-state index >= 15 is 0 Å². The first-order valence-corrected chi connectivity index (χ1v) is 18.0. The van der Waals surface area contributed by atoms with Crippen molar-refractivity contribution in [1.29, 1.82) is 0 Å². The van der Waals surface area contributed by atoms with Gasteiger partial charge in [-0.1, -0.05) is 135 Å². The second-order valence-electron chi connectivity index (χ2n) is 12.3. The summed E-state index contributed by atoms with van der Waals surface area (Å²) >= 11 is 0. The molecule has 0 aliphatic carbocycles. The van der Waals surface area contributed by atoms with Crippen molar-refractivity contribution in [3.63, 3.8) is 0 Å². The molecule has 7 heteroatoms. The topological polar surface area (TPSA) is 122 Å². The quantitative estimate of drug-likeness (QED) is 0.0555. The molecule has 248 valence electrons. The van der Waals surface area contributed by atoms with Crippen molar-refractivity contribution in [3.8, 4) is 0 Å². The van der Waals surface area contributed by atoms with Crippen molar-refractivity contribution >= 4 is 17.8 Å². The van der Waals surface area contributed by atoms with E-state index in [4.69, 9.17) is 10.8 Å². The lowest BCUT2D eigenvalue weighted by Gasteiger charge is -2.06. The van der Waals surface area contributed by atoms with Gasteiger partial charge in [0.1, 0.15) is 0 Å². The monoisotopic (exact) mass is 596 g/mol. The Morgan fingerprint density at radius 3 is 1.00 bits per heavy atom. The minimum atomic E-state index is -0.845. The fourth-order valence-electron chi connectivity index (χ4n) is 5.42. The lowest BCUT2D eigenvalue weighted by molar-refractivity contribution is -0.137. The zero-order chi connectivity index (χ0) is 30.8. The lowest BCUT2D eigenvalue weighted by atomic mass is 10.0. The highest BCUT2D eigenvalue weighted by molar-refractivity contribution is 5.76. The molecule has 42 heavy (non-hydrogen) atoms. The third kappa shape index (κ3) is 34.6. The van der Waals surface area contributed by atoms with Gasteiger partial charge in [-0.15, -0.1) is 0 Å². The number of hydrogen-bond donors (Lipinski definition) is 4. The fraction of sp³-hybridized carbons (Fsp3) is 0.914. The van der Waals surface area contributed by atoms with Crippen LogP contribution in [0, 0.1) is 0 Å². The third-order valence-electron chi connectivity index (χ3n) is 8.15. The van der Waals surface area contributed by atoms with E-state index in [-0.39, 0.29) is 18.2 Å². The predicted octanol–water partition coefficient (Wildman–Crippen LogP) is 8.58. The number of aliphatic carboxylic acids is 1. The number of carbonyl (C=O) groups excluding carboxylic acids is 2. The molecule has 0 spiro atoms. The maximum atomic E-state index is 12.0. The Morgan fingerprint density at radius 1 is 0.381 bits per heavy atom. The van der Waals surface area contributed by atoms with Crippen LogP contribution in [0.1, 0.15) is 186 Å². The van der Waals surface area contributed by atoms with Crippen LogP contribution >= 0.6 is 0 Å². The van der Waals surface area contributed by atoms with Gasteiger partial charge in [0.15, 0.2) is 0 Å². The molecule has 0 aromatic rings. The van der Waals surface area contributed by atoms with Gasteiger partial charge in [0.05, 0.1) is 0 Å². The number of nitrogens with one attached hydrogen (secondary N) is 2. The first kappa shape index (κ1) is 40.4. The average Bonchev–Trinajstić information content (AvgIpc) is 2.96. The first-order valence-electron chi connectivity index (χ1n) is 18.0. The maximum absolute atomic E-state index is 12.0. The van der Waals surface area contributed by atoms with Crippen molar-refractivity contribution in [3.05, 3.63) is 0 Å². The number of nitrogens with two attached hydrogens (primary N) is 1. The Morgan fingerprint density at radius 2 is 0.667 bits per heavy atom. The van der Waals surface area contributed by atoms with Crippen LogP contribution in [0.25, 0.3) is 0 Å². The molecule has 0 aromatic heterocycles. The van der Waals surface area contributed by atoms with Gasteiger partial charge in [0, 0.05) is 32.4 Å². The minimum absolute atomic E-state index is 0.0350. The van der Waals surface area contributed by atoms with Gasteiger partial charge in [0.25, 0.3) is 0 Å². The summed E-state index contributed by atoms with van der Waals surface area (Å²) in [5.74, 6) is -0.648. The molecular formula is C35H69N3O4. The summed E-state index contributed by atoms with van der Waals surface area (Å²) in [6, 6.07) is 0. The average molecular weight is 596 g/mol. The number of carboxylic acids is 1. The number of rotatable bonds is 34. The van der Waals surface area contributed by atoms with E-state index in [0.717, 1.165) is 38.8 Å². The Labute approximate surface area is 259 Å². The maximum Gasteiger partial charge on any atom is 0.303 e. The molecule has 0 saturated heterocycles. The summed E-state index contributed by atoms with van der Waals surface area (Å²) in [4.78, 5) is 34.1. The van der Waals surface area contributed by atoms with Crippen LogP contribution in [0.3, 0.4) is 0 Å². The van der Waals surface area contributed by atoms with Gasteiger partial charge >= 0.3 is 5.97 Å². The predicted molar refractivity (Wildman–Crippen MR) is 177 cm³/mol. The van der Waals surface area contributed by atoms with Crippen LogP contribution in [0.2, 0.25) is 0 Å². The normalized spacial score (nSPS) is 11.1. The van der Waals surface area contributed by atoms with E-state index in [9.17, 15) is 14.4 Å². The summed E-state index contributed by atoms with van der Waals surface area (Å²) in [5, 5.41) is 14.6. The molecule has 2 amide bonds. The highest BCUT2D eigenvalue weighted by Gasteiger charge is 2.03. The Hall–Kier alpha value is -1.63. The van der Waals surface area contributed by atoms with Gasteiger partial charge in [-0.3, -0.25) is 14.4 Å². The van der Waals surface area contributed by atoms with Crippen LogP contribution in [-0.4, -0.2) is 42.5 Å². The number of carbonyl (C=O) groups is 3. The largest absolute Gasteiger partial charge is 0.481 e. The summed E-state index contributed by atoms with van der Waals surface area (Å²) in [6.45, 7) is 2.37. The van der Waals surface area contributed by atoms with Crippen molar-refractivity contribution in [2.24, 2.45) is 5.73 Å². The summed E-state index contributed by atoms with van der Waals surface area (Å²) in [7, 11) is 0. The van der Waals surface area contributed by atoms with Gasteiger partial charge in [0.2, 0.25) is 11.8 Å². The molecule has 0 fully saturated rings. The van der Waals surface area contributed by atoms with E-state index in [0.29, 0.717) is 25.8 Å². The SMILES string of the molecule is NCCCCCCCCCCCCCCCCC(=O)NCCCCCCCCCCCCCNC(=O)CCCC(=O)O. The standard InChI is InChI=1S/C35H69N3O4/c36-30-23-19-15-11-7-4-2-1-3-6-10-14-18-22-27-33(39)37-31-24-20-16-12-8-5-9-13-17-21-25-32-38-34(40)28-26-29-35(41)42/h1-32,36H2,(H,37,39)(H,38,40)(H,41,42). The summed E-state index contributed by atoms with van der Waals surface area (Å²) in [5.41, 5.74) is 5.53. The highest BCUT2D eigenvalue weighted by Crippen LogP contribution is 2.14. The van der Waals surface area contributed by atoms with Crippen molar-refractivity contribution in [2.45, 2.75) is 186 Å². The molecule has 0 aliphatic rings. The molecule has 0 unspecified atom stereocenters. The van der Waals surface area contributed by atoms with E-state index in [1.165, 1.54) is 135 Å². The van der Waals surface area contributed by atoms with Crippen molar-refractivity contribution < 1.29 is 19.5 Å². The molecule has 0 atom stereocenters. The number of unbranched alkanes of at least 4 members (excludes halogenated alkanes) is 23. The van der Waals surface area contributed by atoms with E-state index in [2.05, 4.69) is 10.6 Å². The second kappa shape index (κ2) is 33.9. The number of amides is 2. The molecular weight excluding hydrogens is 526 g/mol. The first-order chi connectivity index (χ1) is 20.6. The summed E-state index contributed by atoms with van der Waals surface area (Å²) in [6.07, 6.45) is 33.1.